The molecule has 0 atom stereocenters. The predicted octanol–water partition coefficient (Wildman–Crippen LogP) is 4.18. The lowest BCUT2D eigenvalue weighted by Crippen LogP contribution is -2.40. The first-order chi connectivity index (χ1) is 13.5. The lowest BCUT2D eigenvalue weighted by molar-refractivity contribution is -0.0505. The Kier molecular flexibility index (Phi) is 11.6. The number of nitrogens with one attached hydrogen (secondary N) is 2. The third-order valence-corrected chi connectivity index (χ3v) is 4.82. The van der Waals surface area contributed by atoms with Gasteiger partial charge in [-0.15, -0.1) is 24.0 Å². The van der Waals surface area contributed by atoms with Crippen LogP contribution in [0.25, 0.3) is 0 Å². The lowest BCUT2D eigenvalue weighted by atomic mass is 10.0. The quantitative estimate of drug-likeness (QED) is 0.243. The minimum Gasteiger partial charge on any atom is -0.493 e. The third-order valence-electron chi connectivity index (χ3n) is 4.82. The second-order valence-electron chi connectivity index (χ2n) is 7.02. The molecule has 1 aliphatic carbocycles. The Hall–Kier alpha value is -1.36. The summed E-state index contributed by atoms with van der Waals surface area (Å²) in [5.41, 5.74) is 0.878. The zero-order valence-corrected chi connectivity index (χ0v) is 19.6. The summed E-state index contributed by atoms with van der Waals surface area (Å²) in [7, 11) is 3.39. The van der Waals surface area contributed by atoms with Crippen LogP contribution >= 0.6 is 24.0 Å². The van der Waals surface area contributed by atoms with E-state index in [1.165, 1.54) is 18.9 Å². The Morgan fingerprint density at radius 2 is 2.00 bits per heavy atom. The molecule has 9 heteroatoms. The highest BCUT2D eigenvalue weighted by Crippen LogP contribution is 2.48. The third kappa shape index (κ3) is 8.90. The van der Waals surface area contributed by atoms with Gasteiger partial charge in [-0.25, -0.2) is 0 Å². The van der Waals surface area contributed by atoms with Crippen molar-refractivity contribution in [2.45, 2.75) is 45.8 Å². The van der Waals surface area contributed by atoms with Crippen molar-refractivity contribution in [3.05, 3.63) is 23.8 Å². The minimum atomic E-state index is -2.90. The largest absolute Gasteiger partial charge is 0.493 e. The van der Waals surface area contributed by atoms with Gasteiger partial charge in [0.2, 0.25) is 0 Å². The Balaban J connectivity index is 0.00000420. The smallest absolute Gasteiger partial charge is 0.387 e. The first kappa shape index (κ1) is 25.7. The highest BCUT2D eigenvalue weighted by molar-refractivity contribution is 14.0. The Morgan fingerprint density at radius 1 is 1.24 bits per heavy atom. The highest BCUT2D eigenvalue weighted by Gasteiger charge is 2.41. The molecule has 0 unspecified atom stereocenters. The zero-order valence-electron chi connectivity index (χ0n) is 17.3. The average Bonchev–Trinajstić information content (AvgIpc) is 3.45. The average molecular weight is 527 g/mol. The molecule has 0 aliphatic heterocycles. The number of alkyl halides is 2. The van der Waals surface area contributed by atoms with Gasteiger partial charge in [0.25, 0.3) is 0 Å². The van der Waals surface area contributed by atoms with E-state index in [2.05, 4.69) is 20.4 Å². The van der Waals surface area contributed by atoms with Crippen LogP contribution in [0.5, 0.6) is 11.5 Å². The van der Waals surface area contributed by atoms with Crippen LogP contribution in [0.4, 0.5) is 8.78 Å². The maximum absolute atomic E-state index is 12.8. The van der Waals surface area contributed by atoms with Crippen LogP contribution in [-0.2, 0) is 11.3 Å². The molecule has 29 heavy (non-hydrogen) atoms. The normalized spacial score (nSPS) is 14.9. The number of guanidine groups is 1. The molecule has 166 valence electrons. The summed E-state index contributed by atoms with van der Waals surface area (Å²) in [6.07, 6.45) is 4.19. The summed E-state index contributed by atoms with van der Waals surface area (Å²) in [4.78, 5) is 4.21. The predicted molar refractivity (Wildman–Crippen MR) is 121 cm³/mol. The summed E-state index contributed by atoms with van der Waals surface area (Å²) in [5.74, 6) is 1.24. The lowest BCUT2D eigenvalue weighted by Gasteiger charge is -2.19. The van der Waals surface area contributed by atoms with Crippen molar-refractivity contribution in [1.29, 1.82) is 0 Å². The van der Waals surface area contributed by atoms with Crippen molar-refractivity contribution in [1.82, 2.24) is 10.6 Å². The Bertz CT molecular complexity index is 643. The number of aliphatic imine (C=N–C) groups is 1. The second kappa shape index (κ2) is 13.0. The topological polar surface area (TPSA) is 64.1 Å². The Labute approximate surface area is 188 Å². The van der Waals surface area contributed by atoms with Crippen molar-refractivity contribution in [3.8, 4) is 11.5 Å². The van der Waals surface area contributed by atoms with Crippen molar-refractivity contribution in [2.75, 3.05) is 33.9 Å². The van der Waals surface area contributed by atoms with Crippen molar-refractivity contribution >= 4 is 29.9 Å². The highest BCUT2D eigenvalue weighted by atomic mass is 127. The maximum atomic E-state index is 12.8. The first-order valence-corrected chi connectivity index (χ1v) is 9.66. The second-order valence-corrected chi connectivity index (χ2v) is 7.02. The number of rotatable bonds is 12. The molecule has 0 aromatic heterocycles. The van der Waals surface area contributed by atoms with Crippen LogP contribution in [0, 0.1) is 5.41 Å². The molecule has 1 fully saturated rings. The van der Waals surface area contributed by atoms with Gasteiger partial charge in [0.05, 0.1) is 6.61 Å². The van der Waals surface area contributed by atoms with Gasteiger partial charge in [0, 0.05) is 45.5 Å². The number of ether oxygens (including phenoxy) is 3. The van der Waals surface area contributed by atoms with E-state index in [-0.39, 0.29) is 35.1 Å². The fourth-order valence-corrected chi connectivity index (χ4v) is 2.88. The molecule has 2 N–H and O–H groups in total. The van der Waals surface area contributed by atoms with Crippen LogP contribution in [0.15, 0.2) is 23.2 Å². The fraction of sp³-hybridized carbons (Fsp3) is 0.650. The molecule has 0 radical (unpaired) electrons. The van der Waals surface area contributed by atoms with Gasteiger partial charge in [-0.1, -0.05) is 6.92 Å². The molecule has 6 nitrogen and oxygen atoms in total. The molecule has 0 spiro atoms. The van der Waals surface area contributed by atoms with Crippen LogP contribution < -0.4 is 20.1 Å². The number of hydrogen-bond donors (Lipinski definition) is 2. The van der Waals surface area contributed by atoms with E-state index in [1.807, 2.05) is 6.92 Å². The van der Waals surface area contributed by atoms with Gasteiger partial charge in [-0.3, -0.25) is 4.99 Å². The first-order valence-electron chi connectivity index (χ1n) is 9.66. The minimum absolute atomic E-state index is 0. The molecule has 0 heterocycles. The molecule has 0 amide bonds. The molecule has 0 bridgehead atoms. The fourth-order valence-electron chi connectivity index (χ4n) is 2.88. The summed E-state index contributed by atoms with van der Waals surface area (Å²) >= 11 is 0. The summed E-state index contributed by atoms with van der Waals surface area (Å²) in [6, 6.07) is 4.98. The van der Waals surface area contributed by atoms with Crippen LogP contribution in [0.1, 0.15) is 38.2 Å². The van der Waals surface area contributed by atoms with Crippen molar-refractivity contribution < 1.29 is 23.0 Å². The van der Waals surface area contributed by atoms with Gasteiger partial charge >= 0.3 is 6.61 Å². The molecule has 1 saturated carbocycles. The number of halogens is 3. The summed E-state index contributed by atoms with van der Waals surface area (Å²) < 4.78 is 40.9. The monoisotopic (exact) mass is 527 g/mol. The molecule has 1 aliphatic rings. The van der Waals surface area contributed by atoms with E-state index in [4.69, 9.17) is 9.47 Å². The number of methoxy groups -OCH3 is 1. The van der Waals surface area contributed by atoms with E-state index in [0.717, 1.165) is 26.0 Å². The SMILES string of the molecule is CCCOc1ccc(CNC(=NC)NCC2(CCOC)CC2)c(OC(F)F)c1.I. The summed E-state index contributed by atoms with van der Waals surface area (Å²) in [5, 5.41) is 6.48. The number of nitrogens with zero attached hydrogens (tertiary/aromatic N) is 1. The van der Waals surface area contributed by atoms with Gasteiger partial charge in [-0.2, -0.15) is 8.78 Å². The van der Waals surface area contributed by atoms with Crippen LogP contribution in [0.2, 0.25) is 0 Å². The maximum Gasteiger partial charge on any atom is 0.387 e. The van der Waals surface area contributed by atoms with E-state index in [1.54, 1.807) is 26.3 Å². The molecule has 2 rings (SSSR count). The molecule has 1 aromatic carbocycles. The van der Waals surface area contributed by atoms with Crippen molar-refractivity contribution in [3.63, 3.8) is 0 Å². The number of hydrogen-bond acceptors (Lipinski definition) is 4. The summed E-state index contributed by atoms with van der Waals surface area (Å²) in [6.45, 7) is 1.46. The zero-order chi connectivity index (χ0) is 20.4. The van der Waals surface area contributed by atoms with Gasteiger partial charge in [0.15, 0.2) is 5.96 Å². The van der Waals surface area contributed by atoms with E-state index in [0.29, 0.717) is 30.4 Å². The van der Waals surface area contributed by atoms with E-state index < -0.39 is 6.61 Å². The molecule has 1 aromatic rings. The van der Waals surface area contributed by atoms with Crippen LogP contribution in [0.3, 0.4) is 0 Å². The van der Waals surface area contributed by atoms with Gasteiger partial charge in [0.1, 0.15) is 11.5 Å². The van der Waals surface area contributed by atoms with Crippen LogP contribution in [-0.4, -0.2) is 46.5 Å². The Morgan fingerprint density at radius 3 is 2.59 bits per heavy atom. The molecular weight excluding hydrogens is 495 g/mol. The number of benzene rings is 1. The van der Waals surface area contributed by atoms with E-state index >= 15 is 0 Å². The molecule has 0 saturated heterocycles. The van der Waals surface area contributed by atoms with Gasteiger partial charge in [-0.05, 0) is 43.2 Å². The van der Waals surface area contributed by atoms with Gasteiger partial charge < -0.3 is 24.8 Å². The van der Waals surface area contributed by atoms with E-state index in [9.17, 15) is 8.78 Å². The van der Waals surface area contributed by atoms with Crippen molar-refractivity contribution in [2.24, 2.45) is 10.4 Å². The molecular formula is C20H32F2IN3O3. The standard InChI is InChI=1S/C20H31F2N3O3.HI/c1-4-10-27-16-6-5-15(17(12-16)28-18(21)22)13-24-19(23-2)25-14-20(7-8-20)9-11-26-3;/h5-6,12,18H,4,7-11,13-14H2,1-3H3,(H2,23,24,25);1H.